The summed E-state index contributed by atoms with van der Waals surface area (Å²) in [5, 5.41) is 6.65. The van der Waals surface area contributed by atoms with Crippen LogP contribution in [0.3, 0.4) is 0 Å². The van der Waals surface area contributed by atoms with Crippen molar-refractivity contribution in [3.63, 3.8) is 0 Å². The summed E-state index contributed by atoms with van der Waals surface area (Å²) in [5.41, 5.74) is 9.42. The Bertz CT molecular complexity index is 493. The first kappa shape index (κ1) is 13.2. The molecular weight excluding hydrogens is 242 g/mol. The summed E-state index contributed by atoms with van der Waals surface area (Å²) >= 11 is 1.70. The van der Waals surface area contributed by atoms with E-state index >= 15 is 0 Å². The molecule has 0 unspecified atom stereocenters. The molecule has 0 radical (unpaired) electrons. The molecule has 0 aliphatic carbocycles. The van der Waals surface area contributed by atoms with Crippen molar-refractivity contribution in [1.82, 2.24) is 10.3 Å². The molecule has 0 saturated heterocycles. The van der Waals surface area contributed by atoms with Gasteiger partial charge in [0.2, 0.25) is 0 Å². The van der Waals surface area contributed by atoms with Gasteiger partial charge in [0.1, 0.15) is 0 Å². The second kappa shape index (κ2) is 6.64. The monoisotopic (exact) mass is 261 g/mol. The molecule has 3 nitrogen and oxygen atoms in total. The van der Waals surface area contributed by atoms with Gasteiger partial charge in [-0.3, -0.25) is 0 Å². The number of hydrogen-bond donors (Lipinski definition) is 2. The fourth-order valence-electron chi connectivity index (χ4n) is 1.93. The molecule has 2 aromatic rings. The van der Waals surface area contributed by atoms with Crippen LogP contribution in [0.4, 0.5) is 0 Å². The SMILES string of the molecule is Cc1nc(CNCCc2ccccc2CN)cs1. The largest absolute Gasteiger partial charge is 0.326 e. The van der Waals surface area contributed by atoms with E-state index in [1.54, 1.807) is 11.3 Å². The van der Waals surface area contributed by atoms with Crippen molar-refractivity contribution in [1.29, 1.82) is 0 Å². The Morgan fingerprint density at radius 1 is 1.28 bits per heavy atom. The van der Waals surface area contributed by atoms with Gasteiger partial charge in [-0.1, -0.05) is 24.3 Å². The highest BCUT2D eigenvalue weighted by molar-refractivity contribution is 7.09. The fourth-order valence-corrected chi connectivity index (χ4v) is 2.54. The third-order valence-corrected chi connectivity index (χ3v) is 3.70. The predicted octanol–water partition coefficient (Wildman–Crippen LogP) is 2.24. The minimum Gasteiger partial charge on any atom is -0.326 e. The van der Waals surface area contributed by atoms with Crippen LogP contribution in [0.15, 0.2) is 29.6 Å². The summed E-state index contributed by atoms with van der Waals surface area (Å²) in [5.74, 6) is 0. The van der Waals surface area contributed by atoms with Crippen LogP contribution < -0.4 is 11.1 Å². The van der Waals surface area contributed by atoms with Gasteiger partial charge in [-0.2, -0.15) is 0 Å². The Balaban J connectivity index is 1.78. The molecule has 0 aliphatic rings. The Morgan fingerprint density at radius 2 is 2.06 bits per heavy atom. The second-order valence-electron chi connectivity index (χ2n) is 4.26. The Morgan fingerprint density at radius 3 is 2.72 bits per heavy atom. The van der Waals surface area contributed by atoms with Crippen LogP contribution in [0.2, 0.25) is 0 Å². The summed E-state index contributed by atoms with van der Waals surface area (Å²) in [6, 6.07) is 8.35. The van der Waals surface area contributed by atoms with Crippen molar-refractivity contribution >= 4 is 11.3 Å². The maximum atomic E-state index is 5.72. The molecule has 0 amide bonds. The number of hydrogen-bond acceptors (Lipinski definition) is 4. The highest BCUT2D eigenvalue weighted by Gasteiger charge is 2.00. The normalized spacial score (nSPS) is 10.8. The quantitative estimate of drug-likeness (QED) is 0.784. The minimum absolute atomic E-state index is 0.613. The summed E-state index contributed by atoms with van der Waals surface area (Å²) in [6.07, 6.45) is 1.01. The summed E-state index contributed by atoms with van der Waals surface area (Å²) in [7, 11) is 0. The van der Waals surface area contributed by atoms with Crippen LogP contribution in [-0.4, -0.2) is 11.5 Å². The molecule has 18 heavy (non-hydrogen) atoms. The van der Waals surface area contributed by atoms with Gasteiger partial charge in [0.25, 0.3) is 0 Å². The third-order valence-electron chi connectivity index (χ3n) is 2.88. The summed E-state index contributed by atoms with van der Waals surface area (Å²) < 4.78 is 0. The highest BCUT2D eigenvalue weighted by Crippen LogP contribution is 2.09. The Hall–Kier alpha value is -1.23. The molecule has 0 spiro atoms. The van der Waals surface area contributed by atoms with Gasteiger partial charge in [-0.05, 0) is 31.0 Å². The van der Waals surface area contributed by atoms with Crippen LogP contribution in [0.25, 0.3) is 0 Å². The van der Waals surface area contributed by atoms with E-state index in [2.05, 4.69) is 33.9 Å². The molecule has 0 saturated carbocycles. The number of nitrogens with two attached hydrogens (primary N) is 1. The van der Waals surface area contributed by atoms with Crippen molar-refractivity contribution in [2.24, 2.45) is 5.73 Å². The summed E-state index contributed by atoms with van der Waals surface area (Å²) in [6.45, 7) is 4.44. The van der Waals surface area contributed by atoms with Crippen LogP contribution in [0.5, 0.6) is 0 Å². The lowest BCUT2D eigenvalue weighted by Gasteiger charge is -2.07. The number of rotatable bonds is 6. The molecular formula is C14H19N3S. The first-order valence-electron chi connectivity index (χ1n) is 6.18. The number of aromatic nitrogens is 1. The third kappa shape index (κ3) is 3.63. The second-order valence-corrected chi connectivity index (χ2v) is 5.32. The lowest BCUT2D eigenvalue weighted by atomic mass is 10.0. The van der Waals surface area contributed by atoms with E-state index in [0.29, 0.717) is 6.54 Å². The maximum absolute atomic E-state index is 5.72. The lowest BCUT2D eigenvalue weighted by Crippen LogP contribution is -2.17. The zero-order valence-electron chi connectivity index (χ0n) is 10.6. The van der Waals surface area contributed by atoms with E-state index in [1.807, 2.05) is 13.0 Å². The zero-order valence-corrected chi connectivity index (χ0v) is 11.5. The van der Waals surface area contributed by atoms with E-state index in [9.17, 15) is 0 Å². The van der Waals surface area contributed by atoms with Crippen molar-refractivity contribution in [2.45, 2.75) is 26.4 Å². The first-order valence-corrected chi connectivity index (χ1v) is 7.06. The van der Waals surface area contributed by atoms with Gasteiger partial charge in [0.15, 0.2) is 0 Å². The van der Waals surface area contributed by atoms with E-state index < -0.39 is 0 Å². The number of benzene rings is 1. The number of thiazole rings is 1. The topological polar surface area (TPSA) is 50.9 Å². The molecule has 2 rings (SSSR count). The van der Waals surface area contributed by atoms with Crippen LogP contribution in [0.1, 0.15) is 21.8 Å². The molecule has 96 valence electrons. The lowest BCUT2D eigenvalue weighted by molar-refractivity contribution is 0.674. The van der Waals surface area contributed by atoms with Gasteiger partial charge in [0, 0.05) is 18.5 Å². The van der Waals surface area contributed by atoms with E-state index in [4.69, 9.17) is 5.73 Å². The van der Waals surface area contributed by atoms with Crippen molar-refractivity contribution in [2.75, 3.05) is 6.54 Å². The van der Waals surface area contributed by atoms with E-state index in [0.717, 1.165) is 30.2 Å². The smallest absolute Gasteiger partial charge is 0.0897 e. The number of nitrogens with zero attached hydrogens (tertiary/aromatic N) is 1. The van der Waals surface area contributed by atoms with E-state index in [1.165, 1.54) is 11.1 Å². The zero-order chi connectivity index (χ0) is 12.8. The molecule has 1 aromatic heterocycles. The predicted molar refractivity (Wildman–Crippen MR) is 76.6 cm³/mol. The fraction of sp³-hybridized carbons (Fsp3) is 0.357. The van der Waals surface area contributed by atoms with Crippen molar-refractivity contribution in [3.8, 4) is 0 Å². The van der Waals surface area contributed by atoms with Crippen LogP contribution >= 0.6 is 11.3 Å². The number of nitrogens with one attached hydrogen (secondary N) is 1. The molecule has 3 N–H and O–H groups in total. The van der Waals surface area contributed by atoms with Crippen LogP contribution in [0, 0.1) is 6.92 Å². The van der Waals surface area contributed by atoms with Crippen molar-refractivity contribution in [3.05, 3.63) is 51.5 Å². The molecule has 0 atom stereocenters. The molecule has 4 heteroatoms. The number of aryl methyl sites for hydroxylation is 1. The molecule has 0 fully saturated rings. The Labute approximate surface area is 112 Å². The molecule has 1 aromatic carbocycles. The minimum atomic E-state index is 0.613. The average molecular weight is 261 g/mol. The summed E-state index contributed by atoms with van der Waals surface area (Å²) in [4.78, 5) is 4.42. The molecule has 0 aliphatic heterocycles. The van der Waals surface area contributed by atoms with Gasteiger partial charge in [0.05, 0.1) is 10.7 Å². The standard InChI is InChI=1S/C14H19N3S/c1-11-17-14(10-18-11)9-16-7-6-12-4-2-3-5-13(12)8-15/h2-5,10,16H,6-9,15H2,1H3. The van der Waals surface area contributed by atoms with Crippen LogP contribution in [-0.2, 0) is 19.5 Å². The van der Waals surface area contributed by atoms with Crippen molar-refractivity contribution < 1.29 is 0 Å². The van der Waals surface area contributed by atoms with Gasteiger partial charge in [-0.15, -0.1) is 11.3 Å². The average Bonchev–Trinajstić information content (AvgIpc) is 2.81. The molecule has 0 bridgehead atoms. The van der Waals surface area contributed by atoms with E-state index in [-0.39, 0.29) is 0 Å². The van der Waals surface area contributed by atoms with Gasteiger partial charge < -0.3 is 11.1 Å². The molecule has 1 heterocycles. The maximum Gasteiger partial charge on any atom is 0.0897 e. The van der Waals surface area contributed by atoms with Gasteiger partial charge >= 0.3 is 0 Å². The Kier molecular flexibility index (Phi) is 4.87. The highest BCUT2D eigenvalue weighted by atomic mass is 32.1. The first-order chi connectivity index (χ1) is 8.79. The van der Waals surface area contributed by atoms with Gasteiger partial charge in [-0.25, -0.2) is 4.98 Å².